The van der Waals surface area contributed by atoms with Crippen LogP contribution in [-0.4, -0.2) is 12.2 Å². The van der Waals surface area contributed by atoms with Crippen LogP contribution in [0.25, 0.3) is 11.1 Å². The van der Waals surface area contributed by atoms with Gasteiger partial charge in [-0.05, 0) is 60.4 Å². The number of hydrogen-bond donors (Lipinski definition) is 1. The van der Waals surface area contributed by atoms with Gasteiger partial charge < -0.3 is 9.84 Å². The van der Waals surface area contributed by atoms with Crippen molar-refractivity contribution in [2.24, 2.45) is 0 Å². The van der Waals surface area contributed by atoms with Crippen LogP contribution in [0.5, 0.6) is 11.5 Å². The highest BCUT2D eigenvalue weighted by Gasteiger charge is 2.09. The average Bonchev–Trinajstić information content (AvgIpc) is 2.54. The van der Waals surface area contributed by atoms with E-state index in [2.05, 4.69) is 24.3 Å². The highest BCUT2D eigenvalue weighted by Crippen LogP contribution is 2.32. The van der Waals surface area contributed by atoms with Crippen LogP contribution in [0.3, 0.4) is 0 Å². The molecule has 1 N–H and O–H groups in total. The van der Waals surface area contributed by atoms with Gasteiger partial charge in [-0.2, -0.15) is 0 Å². The van der Waals surface area contributed by atoms with Gasteiger partial charge in [0.15, 0.2) is 0 Å². The third kappa shape index (κ3) is 3.34. The highest BCUT2D eigenvalue weighted by atomic mass is 16.5. The van der Waals surface area contributed by atoms with Crippen LogP contribution in [0.1, 0.15) is 25.0 Å². The maximum atomic E-state index is 9.43. The molecule has 2 rings (SSSR count). The zero-order valence-electron chi connectivity index (χ0n) is 12.6. The number of phenols is 1. The molecule has 2 aromatic carbocycles. The van der Waals surface area contributed by atoms with Crippen molar-refractivity contribution in [3.05, 3.63) is 71.8 Å². The molecule has 0 aliphatic rings. The second-order valence-electron chi connectivity index (χ2n) is 4.68. The Hall–Kier alpha value is -2.48. The molecule has 0 radical (unpaired) electrons. The first-order valence-electron chi connectivity index (χ1n) is 6.96. The van der Waals surface area contributed by atoms with E-state index in [1.165, 1.54) is 0 Å². The number of rotatable bonds is 4. The molecular formula is C19H20O2. The number of ether oxygens (including phenoxy) is 1. The number of phenolic OH excluding ortho intramolecular Hbond substituents is 1. The Balaban J connectivity index is 2.40. The van der Waals surface area contributed by atoms with Crippen LogP contribution in [0, 0.1) is 0 Å². The maximum Gasteiger partial charge on any atom is 0.118 e. The summed E-state index contributed by atoms with van der Waals surface area (Å²) in [4.78, 5) is 0. The first kappa shape index (κ1) is 14.9. The van der Waals surface area contributed by atoms with Gasteiger partial charge in [0.05, 0.1) is 7.11 Å². The molecule has 0 bridgehead atoms. The second kappa shape index (κ2) is 6.80. The van der Waals surface area contributed by atoms with E-state index in [1.807, 2.05) is 38.1 Å². The summed E-state index contributed by atoms with van der Waals surface area (Å²) in [6, 6.07) is 15.3. The van der Waals surface area contributed by atoms with E-state index in [0.717, 1.165) is 28.0 Å². The molecule has 0 aromatic heterocycles. The van der Waals surface area contributed by atoms with Gasteiger partial charge in [-0.3, -0.25) is 0 Å². The van der Waals surface area contributed by atoms with Gasteiger partial charge in [0.25, 0.3) is 0 Å². The van der Waals surface area contributed by atoms with E-state index < -0.39 is 0 Å². The minimum atomic E-state index is 0.278. The molecule has 108 valence electrons. The van der Waals surface area contributed by atoms with Crippen molar-refractivity contribution < 1.29 is 9.84 Å². The molecule has 0 amide bonds. The Bertz CT molecular complexity index is 647. The van der Waals surface area contributed by atoms with Crippen LogP contribution in [0.2, 0.25) is 0 Å². The lowest BCUT2D eigenvalue weighted by Gasteiger charge is -2.13. The highest BCUT2D eigenvalue weighted by molar-refractivity contribution is 6.04. The monoisotopic (exact) mass is 280 g/mol. The average molecular weight is 280 g/mol. The SMILES string of the molecule is C/C=C(/C(=C/C)c1ccc(OC)cc1)c1ccc(O)cc1. The Morgan fingerprint density at radius 1 is 0.810 bits per heavy atom. The fourth-order valence-corrected chi connectivity index (χ4v) is 2.37. The molecule has 0 fully saturated rings. The summed E-state index contributed by atoms with van der Waals surface area (Å²) in [5.41, 5.74) is 4.52. The summed E-state index contributed by atoms with van der Waals surface area (Å²) in [7, 11) is 1.67. The van der Waals surface area contributed by atoms with Crippen molar-refractivity contribution in [1.29, 1.82) is 0 Å². The minimum absolute atomic E-state index is 0.278. The molecular weight excluding hydrogens is 260 g/mol. The second-order valence-corrected chi connectivity index (χ2v) is 4.68. The quantitative estimate of drug-likeness (QED) is 0.806. The van der Waals surface area contributed by atoms with Crippen molar-refractivity contribution in [1.82, 2.24) is 0 Å². The molecule has 0 saturated heterocycles. The zero-order valence-corrected chi connectivity index (χ0v) is 12.6. The Labute approximate surface area is 126 Å². The summed E-state index contributed by atoms with van der Waals surface area (Å²) in [6.07, 6.45) is 4.19. The Kier molecular flexibility index (Phi) is 4.83. The molecule has 0 saturated carbocycles. The van der Waals surface area contributed by atoms with E-state index in [0.29, 0.717) is 0 Å². The molecule has 0 aliphatic heterocycles. The molecule has 2 nitrogen and oxygen atoms in total. The third-order valence-electron chi connectivity index (χ3n) is 3.45. The van der Waals surface area contributed by atoms with E-state index in [1.54, 1.807) is 19.2 Å². The van der Waals surface area contributed by atoms with E-state index >= 15 is 0 Å². The van der Waals surface area contributed by atoms with Crippen molar-refractivity contribution in [2.45, 2.75) is 13.8 Å². The molecule has 0 heterocycles. The van der Waals surface area contributed by atoms with Crippen LogP contribution < -0.4 is 4.74 Å². The molecule has 0 spiro atoms. The predicted octanol–water partition coefficient (Wildman–Crippen LogP) is 4.91. The summed E-state index contributed by atoms with van der Waals surface area (Å²) in [6.45, 7) is 4.05. The van der Waals surface area contributed by atoms with Gasteiger partial charge in [-0.1, -0.05) is 36.4 Å². The van der Waals surface area contributed by atoms with E-state index in [9.17, 15) is 5.11 Å². The Morgan fingerprint density at radius 2 is 1.24 bits per heavy atom. The number of allylic oxidation sites excluding steroid dienone is 4. The Morgan fingerprint density at radius 3 is 1.62 bits per heavy atom. The molecule has 2 heteroatoms. The number of methoxy groups -OCH3 is 1. The first-order chi connectivity index (χ1) is 10.2. The molecule has 0 aliphatic carbocycles. The van der Waals surface area contributed by atoms with E-state index in [4.69, 9.17) is 4.74 Å². The number of benzene rings is 2. The third-order valence-corrected chi connectivity index (χ3v) is 3.45. The van der Waals surface area contributed by atoms with Gasteiger partial charge >= 0.3 is 0 Å². The van der Waals surface area contributed by atoms with Crippen molar-refractivity contribution in [3.8, 4) is 11.5 Å². The van der Waals surface area contributed by atoms with Crippen molar-refractivity contribution >= 4 is 11.1 Å². The number of hydrogen-bond acceptors (Lipinski definition) is 2. The van der Waals surface area contributed by atoms with E-state index in [-0.39, 0.29) is 5.75 Å². The number of aromatic hydroxyl groups is 1. The summed E-state index contributed by atoms with van der Waals surface area (Å²) in [5.74, 6) is 1.13. The molecule has 0 unspecified atom stereocenters. The lowest BCUT2D eigenvalue weighted by Crippen LogP contribution is -1.91. The lowest BCUT2D eigenvalue weighted by atomic mass is 9.92. The smallest absolute Gasteiger partial charge is 0.118 e. The molecule has 2 aromatic rings. The largest absolute Gasteiger partial charge is 0.508 e. The first-order valence-corrected chi connectivity index (χ1v) is 6.96. The maximum absolute atomic E-state index is 9.43. The van der Waals surface area contributed by atoms with Gasteiger partial charge in [0.2, 0.25) is 0 Å². The van der Waals surface area contributed by atoms with Gasteiger partial charge in [0, 0.05) is 0 Å². The zero-order chi connectivity index (χ0) is 15.2. The van der Waals surface area contributed by atoms with Gasteiger partial charge in [-0.15, -0.1) is 0 Å². The fourth-order valence-electron chi connectivity index (χ4n) is 2.37. The molecule has 21 heavy (non-hydrogen) atoms. The lowest BCUT2D eigenvalue weighted by molar-refractivity contribution is 0.415. The fraction of sp³-hybridized carbons (Fsp3) is 0.158. The van der Waals surface area contributed by atoms with Crippen LogP contribution in [0.15, 0.2) is 60.7 Å². The summed E-state index contributed by atoms with van der Waals surface area (Å²) in [5, 5.41) is 9.43. The van der Waals surface area contributed by atoms with Crippen molar-refractivity contribution in [3.63, 3.8) is 0 Å². The minimum Gasteiger partial charge on any atom is -0.508 e. The topological polar surface area (TPSA) is 29.5 Å². The van der Waals surface area contributed by atoms with Gasteiger partial charge in [-0.25, -0.2) is 0 Å². The predicted molar refractivity (Wildman–Crippen MR) is 88.4 cm³/mol. The summed E-state index contributed by atoms with van der Waals surface area (Å²) >= 11 is 0. The summed E-state index contributed by atoms with van der Waals surface area (Å²) < 4.78 is 5.21. The van der Waals surface area contributed by atoms with Crippen LogP contribution in [0.4, 0.5) is 0 Å². The van der Waals surface area contributed by atoms with Gasteiger partial charge in [0.1, 0.15) is 11.5 Å². The van der Waals surface area contributed by atoms with Crippen LogP contribution >= 0.6 is 0 Å². The van der Waals surface area contributed by atoms with Crippen molar-refractivity contribution in [2.75, 3.05) is 7.11 Å². The molecule has 0 atom stereocenters. The normalized spacial score (nSPS) is 12.3. The standard InChI is InChI=1S/C19H20O2/c1-4-18(14-6-10-16(20)11-7-14)19(5-2)15-8-12-17(21-3)13-9-15/h4-13,20H,1-3H3/b18-4+,19-5+. The van der Waals surface area contributed by atoms with Crippen LogP contribution in [-0.2, 0) is 0 Å².